The number of piperazine rings is 1. The highest BCUT2D eigenvalue weighted by Gasteiger charge is 2.28. The quantitative estimate of drug-likeness (QED) is 0.533. The van der Waals surface area contributed by atoms with Crippen molar-refractivity contribution < 1.29 is 4.92 Å². The number of nitrogens with zero attached hydrogens (tertiary/aromatic N) is 7. The van der Waals surface area contributed by atoms with Crippen LogP contribution >= 0.6 is 0 Å². The summed E-state index contributed by atoms with van der Waals surface area (Å²) in [6.45, 7) is 2.39. The molecule has 3 aromatic rings. The van der Waals surface area contributed by atoms with E-state index in [9.17, 15) is 10.1 Å². The lowest BCUT2D eigenvalue weighted by Crippen LogP contribution is -2.47. The number of nitro groups is 1. The number of benzene rings is 1. The highest BCUT2D eigenvalue weighted by Crippen LogP contribution is 2.30. The molecule has 3 heterocycles. The Kier molecular flexibility index (Phi) is 4.67. The molecule has 1 aliphatic heterocycles. The third-order valence-corrected chi connectivity index (χ3v) is 4.64. The molecule has 0 saturated carbocycles. The van der Waals surface area contributed by atoms with E-state index in [2.05, 4.69) is 25.1 Å². The zero-order chi connectivity index (χ0) is 19.5. The molecule has 0 amide bonds. The van der Waals surface area contributed by atoms with Crippen LogP contribution in [0.1, 0.15) is 0 Å². The predicted octanol–water partition coefficient (Wildman–Crippen LogP) is 1.75. The maximum Gasteiger partial charge on any atom is 0.353 e. The van der Waals surface area contributed by atoms with Crippen molar-refractivity contribution in [1.29, 1.82) is 0 Å². The monoisotopic (exact) mass is 378 g/mol. The van der Waals surface area contributed by atoms with Crippen molar-refractivity contribution in [2.45, 2.75) is 0 Å². The molecule has 2 N–H and O–H groups in total. The van der Waals surface area contributed by atoms with E-state index < -0.39 is 4.92 Å². The summed E-state index contributed by atoms with van der Waals surface area (Å²) in [5, 5.41) is 20.0. The molecule has 0 radical (unpaired) electrons. The number of nitrogens with two attached hydrogens (primary N) is 1. The lowest BCUT2D eigenvalue weighted by Gasteiger charge is -2.35. The number of nitrogen functional groups attached to an aromatic ring is 1. The normalized spacial score (nSPS) is 14.1. The van der Waals surface area contributed by atoms with E-state index in [-0.39, 0.29) is 17.3 Å². The Morgan fingerprint density at radius 3 is 2.29 bits per heavy atom. The first kappa shape index (κ1) is 17.6. The van der Waals surface area contributed by atoms with Crippen LogP contribution in [-0.2, 0) is 0 Å². The van der Waals surface area contributed by atoms with Crippen molar-refractivity contribution in [3.05, 3.63) is 58.9 Å². The Balaban J connectivity index is 1.46. The van der Waals surface area contributed by atoms with Crippen molar-refractivity contribution >= 4 is 23.1 Å². The summed E-state index contributed by atoms with van der Waals surface area (Å²) < 4.78 is 0. The molecule has 1 aliphatic rings. The summed E-state index contributed by atoms with van der Waals surface area (Å²) in [7, 11) is 0. The summed E-state index contributed by atoms with van der Waals surface area (Å²) >= 11 is 0. The first-order valence-corrected chi connectivity index (χ1v) is 8.77. The van der Waals surface area contributed by atoms with Gasteiger partial charge < -0.3 is 15.5 Å². The summed E-state index contributed by atoms with van der Waals surface area (Å²) in [6, 6.07) is 13.7. The molecule has 1 saturated heterocycles. The molecule has 0 atom stereocenters. The lowest BCUT2D eigenvalue weighted by molar-refractivity contribution is -0.383. The van der Waals surface area contributed by atoms with Gasteiger partial charge in [-0.05, 0) is 12.1 Å². The van der Waals surface area contributed by atoms with E-state index in [0.717, 1.165) is 17.1 Å². The highest BCUT2D eigenvalue weighted by atomic mass is 16.6. The number of rotatable bonds is 4. The van der Waals surface area contributed by atoms with Crippen molar-refractivity contribution in [3.8, 4) is 11.3 Å². The Morgan fingerprint density at radius 1 is 0.929 bits per heavy atom. The van der Waals surface area contributed by atoms with Gasteiger partial charge in [0.1, 0.15) is 6.33 Å². The van der Waals surface area contributed by atoms with Gasteiger partial charge in [-0.3, -0.25) is 10.1 Å². The van der Waals surface area contributed by atoms with Gasteiger partial charge in [0.05, 0.1) is 10.6 Å². The van der Waals surface area contributed by atoms with Gasteiger partial charge in [0.2, 0.25) is 11.6 Å². The minimum atomic E-state index is -0.537. The Bertz CT molecular complexity index is 973. The molecular formula is C18H18N8O2. The van der Waals surface area contributed by atoms with Crippen molar-refractivity contribution in [1.82, 2.24) is 20.2 Å². The van der Waals surface area contributed by atoms with Crippen molar-refractivity contribution in [3.63, 3.8) is 0 Å². The molecule has 0 aliphatic carbocycles. The molecule has 10 nitrogen and oxygen atoms in total. The van der Waals surface area contributed by atoms with E-state index in [1.54, 1.807) is 0 Å². The molecule has 2 aromatic heterocycles. The number of anilines is 3. The van der Waals surface area contributed by atoms with Gasteiger partial charge in [0, 0.05) is 31.7 Å². The highest BCUT2D eigenvalue weighted by molar-refractivity contribution is 5.69. The van der Waals surface area contributed by atoms with Gasteiger partial charge in [-0.25, -0.2) is 9.97 Å². The Morgan fingerprint density at radius 2 is 1.64 bits per heavy atom. The van der Waals surface area contributed by atoms with Crippen LogP contribution in [-0.4, -0.2) is 51.3 Å². The fourth-order valence-electron chi connectivity index (χ4n) is 3.19. The summed E-state index contributed by atoms with van der Waals surface area (Å²) in [5.74, 6) is 0.901. The molecule has 4 rings (SSSR count). The van der Waals surface area contributed by atoms with Gasteiger partial charge in [0.25, 0.3) is 0 Å². The first-order chi connectivity index (χ1) is 13.6. The van der Waals surface area contributed by atoms with Crippen LogP contribution in [0, 0.1) is 10.1 Å². The smallest absolute Gasteiger partial charge is 0.353 e. The van der Waals surface area contributed by atoms with Gasteiger partial charge in [-0.15, -0.1) is 10.2 Å². The van der Waals surface area contributed by atoms with Gasteiger partial charge in [0.15, 0.2) is 5.82 Å². The van der Waals surface area contributed by atoms with Gasteiger partial charge >= 0.3 is 5.69 Å². The van der Waals surface area contributed by atoms with Crippen LogP contribution < -0.4 is 15.5 Å². The van der Waals surface area contributed by atoms with Crippen LogP contribution in [0.2, 0.25) is 0 Å². The zero-order valence-corrected chi connectivity index (χ0v) is 15.0. The number of aromatic nitrogens is 4. The summed E-state index contributed by atoms with van der Waals surface area (Å²) in [4.78, 5) is 22.5. The lowest BCUT2D eigenvalue weighted by atomic mass is 10.1. The third kappa shape index (κ3) is 3.39. The second-order valence-electron chi connectivity index (χ2n) is 6.31. The molecule has 1 aromatic carbocycles. The van der Waals surface area contributed by atoms with Gasteiger partial charge in [-0.2, -0.15) is 0 Å². The van der Waals surface area contributed by atoms with Gasteiger partial charge in [-0.1, -0.05) is 30.3 Å². The molecule has 10 heteroatoms. The predicted molar refractivity (Wildman–Crippen MR) is 105 cm³/mol. The average molecular weight is 378 g/mol. The minimum absolute atomic E-state index is 0.125. The summed E-state index contributed by atoms with van der Waals surface area (Å²) in [6.07, 6.45) is 1.25. The minimum Gasteiger partial charge on any atom is -0.378 e. The van der Waals surface area contributed by atoms with Crippen molar-refractivity contribution in [2.24, 2.45) is 0 Å². The molecule has 28 heavy (non-hydrogen) atoms. The second-order valence-corrected chi connectivity index (χ2v) is 6.31. The SMILES string of the molecule is Nc1ncnc(N2CCN(c3ccc(-c4ccccc4)nn3)CC2)c1[N+](=O)[O-]. The largest absolute Gasteiger partial charge is 0.378 e. The molecule has 142 valence electrons. The third-order valence-electron chi connectivity index (χ3n) is 4.64. The standard InChI is InChI=1S/C18H18N8O2/c19-17-16(26(27)28)18(21-12-20-17)25-10-8-24(9-11-25)15-7-6-14(22-23-15)13-4-2-1-3-5-13/h1-7,12H,8-11H2,(H2,19,20,21). The molecule has 0 unspecified atom stereocenters. The average Bonchev–Trinajstić information content (AvgIpc) is 2.74. The number of hydrogen-bond donors (Lipinski definition) is 1. The fourth-order valence-corrected chi connectivity index (χ4v) is 3.19. The van der Waals surface area contributed by atoms with E-state index in [1.807, 2.05) is 47.4 Å². The van der Waals surface area contributed by atoms with E-state index in [0.29, 0.717) is 26.2 Å². The van der Waals surface area contributed by atoms with Crippen LogP contribution in [0.5, 0.6) is 0 Å². The topological polar surface area (TPSA) is 127 Å². The molecule has 0 bridgehead atoms. The van der Waals surface area contributed by atoms with Crippen LogP contribution in [0.25, 0.3) is 11.3 Å². The maximum absolute atomic E-state index is 11.3. The Labute approximate surface area is 160 Å². The molecular weight excluding hydrogens is 360 g/mol. The van der Waals surface area contributed by atoms with Crippen LogP contribution in [0.3, 0.4) is 0 Å². The van der Waals surface area contributed by atoms with Crippen LogP contribution in [0.15, 0.2) is 48.8 Å². The van der Waals surface area contributed by atoms with Crippen molar-refractivity contribution in [2.75, 3.05) is 41.7 Å². The fraction of sp³-hybridized carbons (Fsp3) is 0.222. The Hall–Kier alpha value is -3.82. The molecule has 0 spiro atoms. The molecule has 1 fully saturated rings. The second kappa shape index (κ2) is 7.43. The number of hydrogen-bond acceptors (Lipinski definition) is 9. The summed E-state index contributed by atoms with van der Waals surface area (Å²) in [5.41, 5.74) is 7.24. The maximum atomic E-state index is 11.3. The van der Waals surface area contributed by atoms with E-state index >= 15 is 0 Å². The zero-order valence-electron chi connectivity index (χ0n) is 15.0. The van der Waals surface area contributed by atoms with E-state index in [1.165, 1.54) is 6.33 Å². The van der Waals surface area contributed by atoms with E-state index in [4.69, 9.17) is 5.73 Å². The first-order valence-electron chi connectivity index (χ1n) is 8.77. The van der Waals surface area contributed by atoms with Crippen LogP contribution in [0.4, 0.5) is 23.1 Å².